The van der Waals surface area contributed by atoms with Gasteiger partial charge in [0.15, 0.2) is 5.84 Å². The van der Waals surface area contributed by atoms with Gasteiger partial charge in [0.1, 0.15) is 6.10 Å². The minimum absolute atomic E-state index is 0.269. The molecule has 3 nitrogen and oxygen atoms in total. The molecule has 0 saturated heterocycles. The highest BCUT2D eigenvalue weighted by molar-refractivity contribution is 6.42. The van der Waals surface area contributed by atoms with Crippen molar-refractivity contribution in [1.82, 2.24) is 3.94 Å². The predicted molar refractivity (Wildman–Crippen MR) is 52.7 cm³/mol. The van der Waals surface area contributed by atoms with Crippen LogP contribution in [0.3, 0.4) is 0 Å². The molecule has 0 radical (unpaired) electrons. The lowest BCUT2D eigenvalue weighted by atomic mass is 10.1. The van der Waals surface area contributed by atoms with E-state index in [2.05, 4.69) is 0 Å². The molecule has 0 amide bonds. The van der Waals surface area contributed by atoms with Gasteiger partial charge in [-0.3, -0.25) is 5.41 Å². The molecule has 0 aliphatic rings. The van der Waals surface area contributed by atoms with E-state index in [4.69, 9.17) is 29.0 Å². The number of aliphatic hydroxyl groups is 1. The van der Waals surface area contributed by atoms with Crippen LogP contribution in [-0.4, -0.2) is 14.9 Å². The molecule has 1 atom stereocenters. The fourth-order valence-corrected chi connectivity index (χ4v) is 1.07. The van der Waals surface area contributed by atoms with Gasteiger partial charge in [-0.25, -0.2) is 0 Å². The van der Waals surface area contributed by atoms with Crippen molar-refractivity contribution in [3.8, 4) is 0 Å². The summed E-state index contributed by atoms with van der Waals surface area (Å²) in [6, 6.07) is 8.73. The third-order valence-corrected chi connectivity index (χ3v) is 1.92. The SMILES string of the molecule is N=C(C(O)c1ccccc1)N(Cl)Cl. The van der Waals surface area contributed by atoms with Gasteiger partial charge in [0.05, 0.1) is 0 Å². The molecule has 0 heterocycles. The highest BCUT2D eigenvalue weighted by atomic mass is 35.5. The third-order valence-electron chi connectivity index (χ3n) is 1.56. The van der Waals surface area contributed by atoms with Crippen molar-refractivity contribution in [1.29, 1.82) is 5.41 Å². The van der Waals surface area contributed by atoms with Crippen molar-refractivity contribution < 1.29 is 5.11 Å². The summed E-state index contributed by atoms with van der Waals surface area (Å²) in [6.45, 7) is 0. The molecular weight excluding hydrogens is 211 g/mol. The van der Waals surface area contributed by atoms with Gasteiger partial charge < -0.3 is 5.11 Å². The zero-order valence-electron chi connectivity index (χ0n) is 6.61. The molecule has 0 aliphatic carbocycles. The minimum Gasteiger partial charge on any atom is -0.380 e. The van der Waals surface area contributed by atoms with Gasteiger partial charge in [0.2, 0.25) is 0 Å². The smallest absolute Gasteiger partial charge is 0.162 e. The lowest BCUT2D eigenvalue weighted by molar-refractivity contribution is 0.240. The number of rotatable bonds is 2. The van der Waals surface area contributed by atoms with Crippen LogP contribution in [0.1, 0.15) is 11.7 Å². The summed E-state index contributed by atoms with van der Waals surface area (Å²) < 4.78 is 0.539. The summed E-state index contributed by atoms with van der Waals surface area (Å²) in [5, 5.41) is 16.8. The molecule has 5 heteroatoms. The summed E-state index contributed by atoms with van der Waals surface area (Å²) >= 11 is 10.6. The van der Waals surface area contributed by atoms with Crippen LogP contribution >= 0.6 is 23.6 Å². The topological polar surface area (TPSA) is 47.3 Å². The molecule has 13 heavy (non-hydrogen) atoms. The summed E-state index contributed by atoms with van der Waals surface area (Å²) in [4.78, 5) is 0. The van der Waals surface area contributed by atoms with E-state index in [1.165, 1.54) is 0 Å². The lowest BCUT2D eigenvalue weighted by Crippen LogP contribution is -2.19. The van der Waals surface area contributed by atoms with Crippen molar-refractivity contribution >= 4 is 29.4 Å². The molecule has 0 fully saturated rings. The van der Waals surface area contributed by atoms with Crippen molar-refractivity contribution in [2.24, 2.45) is 0 Å². The average molecular weight is 219 g/mol. The molecule has 1 aromatic rings. The number of amidine groups is 1. The first-order valence-corrected chi connectivity index (χ1v) is 4.23. The number of benzene rings is 1. The molecule has 1 rings (SSSR count). The second-order valence-electron chi connectivity index (χ2n) is 2.43. The lowest BCUT2D eigenvalue weighted by Gasteiger charge is -2.14. The van der Waals surface area contributed by atoms with Crippen LogP contribution in [0.2, 0.25) is 0 Å². The van der Waals surface area contributed by atoms with E-state index in [0.29, 0.717) is 9.50 Å². The van der Waals surface area contributed by atoms with E-state index in [-0.39, 0.29) is 5.84 Å². The number of aliphatic hydroxyl groups excluding tert-OH is 1. The number of hydrogen-bond donors (Lipinski definition) is 2. The maximum absolute atomic E-state index is 9.52. The van der Waals surface area contributed by atoms with Crippen LogP contribution in [0, 0.1) is 5.41 Å². The highest BCUT2D eigenvalue weighted by Crippen LogP contribution is 2.17. The minimum atomic E-state index is -1.09. The van der Waals surface area contributed by atoms with Crippen LogP contribution in [0.5, 0.6) is 0 Å². The first kappa shape index (κ1) is 10.3. The highest BCUT2D eigenvalue weighted by Gasteiger charge is 2.17. The number of halogens is 2. The van der Waals surface area contributed by atoms with E-state index >= 15 is 0 Å². The van der Waals surface area contributed by atoms with Gasteiger partial charge >= 0.3 is 0 Å². The van der Waals surface area contributed by atoms with Crippen molar-refractivity contribution in [2.45, 2.75) is 6.10 Å². The quantitative estimate of drug-likeness (QED) is 0.455. The maximum atomic E-state index is 9.52. The normalized spacial score (nSPS) is 12.2. The standard InChI is InChI=1S/C8H8Cl2N2O/c9-12(10)8(11)7(13)6-4-2-1-3-5-6/h1-5,7,11,13H. The Hall–Kier alpha value is -0.770. The zero-order chi connectivity index (χ0) is 9.84. The first-order valence-electron chi connectivity index (χ1n) is 3.56. The Morgan fingerprint density at radius 1 is 1.31 bits per heavy atom. The second-order valence-corrected chi connectivity index (χ2v) is 3.28. The van der Waals surface area contributed by atoms with E-state index in [1.807, 2.05) is 6.07 Å². The third kappa shape index (κ3) is 2.59. The summed E-state index contributed by atoms with van der Waals surface area (Å²) in [7, 11) is 0. The van der Waals surface area contributed by atoms with E-state index in [1.54, 1.807) is 24.3 Å². The molecule has 0 aromatic heterocycles. The Labute approximate surface area is 86.2 Å². The van der Waals surface area contributed by atoms with E-state index < -0.39 is 6.10 Å². The van der Waals surface area contributed by atoms with Crippen LogP contribution in [0.4, 0.5) is 0 Å². The molecule has 1 aromatic carbocycles. The van der Waals surface area contributed by atoms with Crippen LogP contribution in [0.25, 0.3) is 0 Å². The Balaban J connectivity index is 2.80. The number of nitrogens with zero attached hydrogens (tertiary/aromatic N) is 1. The fourth-order valence-electron chi connectivity index (χ4n) is 0.886. The first-order chi connectivity index (χ1) is 6.13. The van der Waals surface area contributed by atoms with Crippen LogP contribution in [0.15, 0.2) is 30.3 Å². The predicted octanol–water partition coefficient (Wildman–Crippen LogP) is 2.31. The molecule has 70 valence electrons. The van der Waals surface area contributed by atoms with Crippen molar-refractivity contribution in [2.75, 3.05) is 0 Å². The average Bonchev–Trinajstić information content (AvgIpc) is 2.17. The van der Waals surface area contributed by atoms with Gasteiger partial charge in [-0.15, -0.1) is 0 Å². The fraction of sp³-hybridized carbons (Fsp3) is 0.125. The molecule has 1 unspecified atom stereocenters. The summed E-state index contributed by atoms with van der Waals surface area (Å²) in [5.41, 5.74) is 0.582. The Kier molecular flexibility index (Phi) is 3.54. The van der Waals surface area contributed by atoms with E-state index in [0.717, 1.165) is 0 Å². The van der Waals surface area contributed by atoms with E-state index in [9.17, 15) is 5.11 Å². The molecule has 0 spiro atoms. The van der Waals surface area contributed by atoms with Gasteiger partial charge in [-0.05, 0) is 5.56 Å². The Bertz CT molecular complexity index is 289. The second kappa shape index (κ2) is 4.46. The van der Waals surface area contributed by atoms with Crippen molar-refractivity contribution in [3.05, 3.63) is 35.9 Å². The maximum Gasteiger partial charge on any atom is 0.162 e. The summed E-state index contributed by atoms with van der Waals surface area (Å²) in [6.07, 6.45) is -1.09. The van der Waals surface area contributed by atoms with Crippen LogP contribution in [-0.2, 0) is 0 Å². The van der Waals surface area contributed by atoms with Gasteiger partial charge in [0, 0.05) is 23.6 Å². The van der Waals surface area contributed by atoms with Gasteiger partial charge in [-0.1, -0.05) is 30.3 Å². The summed E-state index contributed by atoms with van der Waals surface area (Å²) in [5.74, 6) is -0.269. The van der Waals surface area contributed by atoms with Crippen molar-refractivity contribution in [3.63, 3.8) is 0 Å². The van der Waals surface area contributed by atoms with Gasteiger partial charge in [0.25, 0.3) is 0 Å². The molecule has 0 aliphatic heterocycles. The van der Waals surface area contributed by atoms with Crippen LogP contribution < -0.4 is 0 Å². The molecular formula is C8H8Cl2N2O. The number of nitrogens with one attached hydrogen (secondary N) is 1. The number of hydrogen-bond acceptors (Lipinski definition) is 2. The van der Waals surface area contributed by atoms with Gasteiger partial charge in [-0.2, -0.15) is 3.94 Å². The Morgan fingerprint density at radius 3 is 2.31 bits per heavy atom. The largest absolute Gasteiger partial charge is 0.380 e. The molecule has 0 saturated carbocycles. The monoisotopic (exact) mass is 218 g/mol. The Morgan fingerprint density at radius 2 is 1.85 bits per heavy atom. The molecule has 2 N–H and O–H groups in total. The molecule has 0 bridgehead atoms. The zero-order valence-corrected chi connectivity index (χ0v) is 8.13.